The molecule has 1 aromatic heterocycles. The molecule has 0 spiro atoms. The molecule has 1 aliphatic carbocycles. The molecule has 2 atom stereocenters. The predicted molar refractivity (Wildman–Crippen MR) is 87.7 cm³/mol. The van der Waals surface area contributed by atoms with Crippen molar-refractivity contribution in [3.8, 4) is 0 Å². The monoisotopic (exact) mass is 288 g/mol. The van der Waals surface area contributed by atoms with Crippen molar-refractivity contribution in [2.75, 3.05) is 25.0 Å². The van der Waals surface area contributed by atoms with Gasteiger partial charge in [-0.05, 0) is 57.9 Å². The molecule has 3 rings (SSSR count). The number of piperazine rings is 1. The summed E-state index contributed by atoms with van der Waals surface area (Å²) in [5, 5.41) is 3.56. The first-order valence-corrected chi connectivity index (χ1v) is 8.20. The quantitative estimate of drug-likeness (QED) is 0.920. The molecule has 2 heterocycles. The van der Waals surface area contributed by atoms with Crippen LogP contribution in [0.2, 0.25) is 0 Å². The second-order valence-electron chi connectivity index (χ2n) is 6.91. The number of hydrogen-bond donors (Lipinski definition) is 1. The fourth-order valence-corrected chi connectivity index (χ4v) is 3.18. The highest BCUT2D eigenvalue weighted by atomic mass is 15.3. The molecule has 4 nitrogen and oxygen atoms in total. The lowest BCUT2D eigenvalue weighted by Crippen LogP contribution is -2.55. The van der Waals surface area contributed by atoms with Crippen LogP contribution in [0.5, 0.6) is 0 Å². The summed E-state index contributed by atoms with van der Waals surface area (Å²) in [7, 11) is 2.22. The molecule has 2 aliphatic rings. The lowest BCUT2D eigenvalue weighted by atomic mass is 10.1. The van der Waals surface area contributed by atoms with E-state index in [1.807, 2.05) is 6.20 Å². The Morgan fingerprint density at radius 2 is 1.90 bits per heavy atom. The van der Waals surface area contributed by atoms with E-state index in [-0.39, 0.29) is 0 Å². The van der Waals surface area contributed by atoms with E-state index >= 15 is 0 Å². The molecular weight excluding hydrogens is 260 g/mol. The van der Waals surface area contributed by atoms with Crippen LogP contribution in [0.15, 0.2) is 12.3 Å². The third-order valence-corrected chi connectivity index (χ3v) is 4.94. The zero-order chi connectivity index (χ0) is 15.0. The van der Waals surface area contributed by atoms with Gasteiger partial charge in [0.2, 0.25) is 0 Å². The van der Waals surface area contributed by atoms with Crippen LogP contribution in [0.25, 0.3) is 0 Å². The van der Waals surface area contributed by atoms with E-state index in [1.165, 1.54) is 24.0 Å². The molecule has 0 radical (unpaired) electrons. The maximum atomic E-state index is 4.76. The van der Waals surface area contributed by atoms with E-state index < -0.39 is 0 Å². The summed E-state index contributed by atoms with van der Waals surface area (Å²) < 4.78 is 0. The Morgan fingerprint density at radius 3 is 2.48 bits per heavy atom. The average molecular weight is 288 g/mol. The van der Waals surface area contributed by atoms with Crippen LogP contribution in [0.4, 0.5) is 5.82 Å². The minimum absolute atomic E-state index is 0.575. The maximum Gasteiger partial charge on any atom is 0.131 e. The zero-order valence-electron chi connectivity index (χ0n) is 13.8. The summed E-state index contributed by atoms with van der Waals surface area (Å²) >= 11 is 0. The Kier molecular flexibility index (Phi) is 4.18. The van der Waals surface area contributed by atoms with Gasteiger partial charge in [-0.15, -0.1) is 0 Å². The molecule has 4 heteroatoms. The van der Waals surface area contributed by atoms with Gasteiger partial charge in [-0.25, -0.2) is 4.98 Å². The van der Waals surface area contributed by atoms with E-state index in [9.17, 15) is 0 Å². The third kappa shape index (κ3) is 3.38. The number of nitrogens with one attached hydrogen (secondary N) is 1. The third-order valence-electron chi connectivity index (χ3n) is 4.94. The molecule has 0 bridgehead atoms. The first-order valence-electron chi connectivity index (χ1n) is 8.20. The molecule has 0 amide bonds. The number of aryl methyl sites for hydroxylation is 1. The van der Waals surface area contributed by atoms with Gasteiger partial charge in [0.15, 0.2) is 0 Å². The van der Waals surface area contributed by atoms with Crippen LogP contribution in [-0.4, -0.2) is 48.1 Å². The van der Waals surface area contributed by atoms with Gasteiger partial charge in [-0.3, -0.25) is 4.90 Å². The van der Waals surface area contributed by atoms with Crippen LogP contribution in [0.3, 0.4) is 0 Å². The molecule has 1 aliphatic heterocycles. The Morgan fingerprint density at radius 1 is 1.24 bits per heavy atom. The average Bonchev–Trinajstić information content (AvgIpc) is 3.26. The standard InChI is InChI=1S/C17H28N4/c1-12-7-15(8-18-16-5-6-16)9-19-17(12)21-10-13(2)20(4)14(3)11-21/h7,9,13-14,16,18H,5-6,8,10-11H2,1-4H3. The van der Waals surface area contributed by atoms with Crippen LogP contribution in [0, 0.1) is 6.92 Å². The molecule has 1 saturated heterocycles. The number of likely N-dealkylation sites (N-methyl/N-ethyl adjacent to an activating group) is 1. The first kappa shape index (κ1) is 14.8. The van der Waals surface area contributed by atoms with Gasteiger partial charge in [0.1, 0.15) is 5.82 Å². The minimum Gasteiger partial charge on any atom is -0.353 e. The van der Waals surface area contributed by atoms with E-state index in [2.05, 4.69) is 49.0 Å². The Labute approximate surface area is 128 Å². The SMILES string of the molecule is Cc1cc(CNC2CC2)cnc1N1CC(C)N(C)C(C)C1. The first-order chi connectivity index (χ1) is 10.0. The van der Waals surface area contributed by atoms with E-state index in [4.69, 9.17) is 4.98 Å². The van der Waals surface area contributed by atoms with Crippen LogP contribution in [0.1, 0.15) is 37.8 Å². The van der Waals surface area contributed by atoms with Crippen molar-refractivity contribution in [3.63, 3.8) is 0 Å². The second kappa shape index (κ2) is 5.93. The second-order valence-corrected chi connectivity index (χ2v) is 6.91. The van der Waals surface area contributed by atoms with Crippen molar-refractivity contribution >= 4 is 5.82 Å². The van der Waals surface area contributed by atoms with E-state index in [0.29, 0.717) is 12.1 Å². The Hall–Kier alpha value is -1.13. The lowest BCUT2D eigenvalue weighted by molar-refractivity contribution is 0.169. The fraction of sp³-hybridized carbons (Fsp3) is 0.706. The highest BCUT2D eigenvalue weighted by Crippen LogP contribution is 2.24. The smallest absolute Gasteiger partial charge is 0.131 e. The lowest BCUT2D eigenvalue weighted by Gasteiger charge is -2.43. The molecule has 1 N–H and O–H groups in total. The molecule has 116 valence electrons. The predicted octanol–water partition coefficient (Wildman–Crippen LogP) is 2.17. The molecule has 1 aromatic rings. The van der Waals surface area contributed by atoms with Crippen LogP contribution in [-0.2, 0) is 6.54 Å². The van der Waals surface area contributed by atoms with Crippen molar-refractivity contribution in [3.05, 3.63) is 23.4 Å². The van der Waals surface area contributed by atoms with Crippen molar-refractivity contribution in [1.29, 1.82) is 0 Å². The van der Waals surface area contributed by atoms with Gasteiger partial charge in [0.05, 0.1) is 0 Å². The van der Waals surface area contributed by atoms with Crippen LogP contribution < -0.4 is 10.2 Å². The Balaban J connectivity index is 1.69. The summed E-state index contributed by atoms with van der Waals surface area (Å²) in [6.07, 6.45) is 4.72. The maximum absolute atomic E-state index is 4.76. The van der Waals surface area contributed by atoms with Gasteiger partial charge in [0, 0.05) is 44.0 Å². The van der Waals surface area contributed by atoms with Crippen LogP contribution >= 0.6 is 0 Å². The number of hydrogen-bond acceptors (Lipinski definition) is 4. The van der Waals surface area contributed by atoms with Crippen molar-refractivity contribution in [2.45, 2.75) is 58.3 Å². The molecule has 2 fully saturated rings. The highest BCUT2D eigenvalue weighted by molar-refractivity contribution is 5.48. The molecule has 0 aromatic carbocycles. The van der Waals surface area contributed by atoms with Gasteiger partial charge in [-0.1, -0.05) is 0 Å². The summed E-state index contributed by atoms with van der Waals surface area (Å²) in [4.78, 5) is 9.67. The zero-order valence-corrected chi connectivity index (χ0v) is 13.8. The number of anilines is 1. The number of pyridine rings is 1. The minimum atomic E-state index is 0.575. The van der Waals surface area contributed by atoms with E-state index in [0.717, 1.165) is 31.5 Å². The summed E-state index contributed by atoms with van der Waals surface area (Å²) in [6.45, 7) is 9.87. The van der Waals surface area contributed by atoms with Gasteiger partial charge in [-0.2, -0.15) is 0 Å². The van der Waals surface area contributed by atoms with E-state index in [1.54, 1.807) is 0 Å². The van der Waals surface area contributed by atoms with Crippen molar-refractivity contribution in [1.82, 2.24) is 15.2 Å². The summed E-state index contributed by atoms with van der Waals surface area (Å²) in [6, 6.07) is 4.20. The molecular formula is C17H28N4. The highest BCUT2D eigenvalue weighted by Gasteiger charge is 2.28. The summed E-state index contributed by atoms with van der Waals surface area (Å²) in [5.41, 5.74) is 2.60. The van der Waals surface area contributed by atoms with Gasteiger partial charge in [0.25, 0.3) is 0 Å². The number of rotatable bonds is 4. The fourth-order valence-electron chi connectivity index (χ4n) is 3.18. The molecule has 2 unspecified atom stereocenters. The van der Waals surface area contributed by atoms with Gasteiger partial charge < -0.3 is 10.2 Å². The summed E-state index contributed by atoms with van der Waals surface area (Å²) in [5.74, 6) is 1.16. The number of nitrogens with zero attached hydrogens (tertiary/aromatic N) is 3. The van der Waals surface area contributed by atoms with Crippen molar-refractivity contribution < 1.29 is 0 Å². The number of aromatic nitrogens is 1. The molecule has 21 heavy (non-hydrogen) atoms. The van der Waals surface area contributed by atoms with Gasteiger partial charge >= 0.3 is 0 Å². The topological polar surface area (TPSA) is 31.4 Å². The Bertz CT molecular complexity index is 486. The largest absolute Gasteiger partial charge is 0.353 e. The molecule has 1 saturated carbocycles. The normalized spacial score (nSPS) is 27.1. The van der Waals surface area contributed by atoms with Crippen molar-refractivity contribution in [2.24, 2.45) is 0 Å².